The van der Waals surface area contributed by atoms with E-state index in [1.807, 2.05) is 36.4 Å². The second kappa shape index (κ2) is 6.47. The summed E-state index contributed by atoms with van der Waals surface area (Å²) < 4.78 is 0. The molecule has 0 saturated heterocycles. The van der Waals surface area contributed by atoms with E-state index in [1.165, 1.54) is 6.34 Å². The maximum Gasteiger partial charge on any atom is 0.275 e. The van der Waals surface area contributed by atoms with Crippen LogP contribution in [0, 0.1) is 0 Å². The van der Waals surface area contributed by atoms with Crippen molar-refractivity contribution in [3.05, 3.63) is 75.9 Å². The molecule has 2 aromatic carbocycles. The first-order chi connectivity index (χ1) is 12.2. The SMILES string of the molecule is O=C1N=C(c2ccccc2Cl)c2cc(CCl)ccc2C2=CNC=NC12. The Kier molecular flexibility index (Phi) is 4.15. The molecular weight excluding hydrogens is 357 g/mol. The monoisotopic (exact) mass is 369 g/mol. The molecule has 1 atom stereocenters. The number of nitrogens with zero attached hydrogens (tertiary/aromatic N) is 2. The molecule has 124 valence electrons. The van der Waals surface area contributed by atoms with E-state index in [0.717, 1.165) is 22.3 Å². The first-order valence-corrected chi connectivity index (χ1v) is 8.65. The summed E-state index contributed by atoms with van der Waals surface area (Å²) >= 11 is 12.4. The summed E-state index contributed by atoms with van der Waals surface area (Å²) in [5, 5.41) is 3.50. The number of rotatable bonds is 2. The van der Waals surface area contributed by atoms with Crippen LogP contribution in [0.3, 0.4) is 0 Å². The highest BCUT2D eigenvalue weighted by Gasteiger charge is 2.31. The minimum absolute atomic E-state index is 0.317. The van der Waals surface area contributed by atoms with Crippen molar-refractivity contribution in [1.82, 2.24) is 5.32 Å². The number of fused-ring (bicyclic) bond motifs is 3. The number of hydrogen-bond acceptors (Lipinski definition) is 3. The maximum absolute atomic E-state index is 12.7. The summed E-state index contributed by atoms with van der Waals surface area (Å²) in [6.45, 7) is 0. The van der Waals surface area contributed by atoms with E-state index in [1.54, 1.807) is 12.3 Å². The van der Waals surface area contributed by atoms with Gasteiger partial charge in [0.15, 0.2) is 6.04 Å². The fourth-order valence-corrected chi connectivity index (χ4v) is 3.43. The number of benzene rings is 2. The third-order valence-electron chi connectivity index (χ3n) is 4.22. The molecule has 6 heteroatoms. The number of carbonyl (C=O) groups is 1. The molecule has 1 unspecified atom stereocenters. The zero-order valence-corrected chi connectivity index (χ0v) is 14.6. The quantitative estimate of drug-likeness (QED) is 0.818. The topological polar surface area (TPSA) is 53.8 Å². The molecular formula is C19H13Cl2N3O. The van der Waals surface area contributed by atoms with Crippen LogP contribution in [0.15, 0.2) is 58.6 Å². The molecule has 2 aliphatic heterocycles. The van der Waals surface area contributed by atoms with Gasteiger partial charge in [0.1, 0.15) is 0 Å². The average Bonchev–Trinajstić information content (AvgIpc) is 2.77. The van der Waals surface area contributed by atoms with E-state index in [2.05, 4.69) is 15.3 Å². The number of carbonyl (C=O) groups excluding carboxylic acids is 1. The maximum atomic E-state index is 12.7. The van der Waals surface area contributed by atoms with Crippen molar-refractivity contribution in [2.24, 2.45) is 9.98 Å². The molecule has 2 aliphatic rings. The molecule has 0 fully saturated rings. The van der Waals surface area contributed by atoms with Gasteiger partial charge in [-0.15, -0.1) is 11.6 Å². The summed E-state index contributed by atoms with van der Waals surface area (Å²) in [5.74, 6) is 0.0539. The summed E-state index contributed by atoms with van der Waals surface area (Å²) in [6.07, 6.45) is 3.30. The molecule has 25 heavy (non-hydrogen) atoms. The molecule has 2 heterocycles. The number of aliphatic imine (C=N–C) groups is 2. The molecule has 0 aliphatic carbocycles. The smallest absolute Gasteiger partial charge is 0.275 e. The van der Waals surface area contributed by atoms with Gasteiger partial charge >= 0.3 is 0 Å². The van der Waals surface area contributed by atoms with E-state index in [9.17, 15) is 4.79 Å². The zero-order valence-electron chi connectivity index (χ0n) is 13.0. The third kappa shape index (κ3) is 2.77. The second-order valence-electron chi connectivity index (χ2n) is 5.74. The van der Waals surface area contributed by atoms with Crippen LogP contribution in [0.5, 0.6) is 0 Å². The van der Waals surface area contributed by atoms with Gasteiger partial charge in [0.05, 0.1) is 12.1 Å². The normalized spacial score (nSPS) is 18.5. The van der Waals surface area contributed by atoms with Crippen LogP contribution in [0.4, 0.5) is 0 Å². The van der Waals surface area contributed by atoms with Crippen LogP contribution in [0.25, 0.3) is 5.57 Å². The predicted octanol–water partition coefficient (Wildman–Crippen LogP) is 3.80. The Morgan fingerprint density at radius 2 is 1.92 bits per heavy atom. The number of hydrogen-bond donors (Lipinski definition) is 1. The van der Waals surface area contributed by atoms with Crippen molar-refractivity contribution in [1.29, 1.82) is 0 Å². The van der Waals surface area contributed by atoms with Crippen LogP contribution >= 0.6 is 23.2 Å². The Hall–Kier alpha value is -2.43. The lowest BCUT2D eigenvalue weighted by Gasteiger charge is -2.17. The number of nitrogens with one attached hydrogen (secondary N) is 1. The lowest BCUT2D eigenvalue weighted by molar-refractivity contribution is -0.117. The largest absolute Gasteiger partial charge is 0.353 e. The van der Waals surface area contributed by atoms with Crippen molar-refractivity contribution in [3.63, 3.8) is 0 Å². The summed E-state index contributed by atoms with van der Waals surface area (Å²) in [5.41, 5.74) is 4.71. The first-order valence-electron chi connectivity index (χ1n) is 7.74. The van der Waals surface area contributed by atoms with Gasteiger partial charge < -0.3 is 5.32 Å². The lowest BCUT2D eigenvalue weighted by Crippen LogP contribution is -2.24. The Morgan fingerprint density at radius 3 is 2.72 bits per heavy atom. The minimum Gasteiger partial charge on any atom is -0.353 e. The van der Waals surface area contributed by atoms with E-state index in [-0.39, 0.29) is 5.91 Å². The van der Waals surface area contributed by atoms with Crippen LogP contribution in [0.1, 0.15) is 22.3 Å². The standard InChI is InChI=1S/C19H13Cl2N3O/c20-8-11-5-6-12-14(7-11)17(13-3-1-2-4-16(13)21)24-19(25)18-15(12)9-22-10-23-18/h1-7,9-10,18H,8H2,(H,22,23). The third-order valence-corrected chi connectivity index (χ3v) is 4.86. The second-order valence-corrected chi connectivity index (χ2v) is 6.41. The van der Waals surface area contributed by atoms with Crippen LogP contribution in [0.2, 0.25) is 5.02 Å². The minimum atomic E-state index is -0.651. The van der Waals surface area contributed by atoms with Gasteiger partial charge in [0, 0.05) is 33.8 Å². The van der Waals surface area contributed by atoms with E-state index in [4.69, 9.17) is 23.2 Å². The Labute approximate surface area is 154 Å². The Bertz CT molecular complexity index is 963. The van der Waals surface area contributed by atoms with Gasteiger partial charge in [-0.05, 0) is 23.3 Å². The van der Waals surface area contributed by atoms with Gasteiger partial charge in [0.2, 0.25) is 0 Å². The van der Waals surface area contributed by atoms with Gasteiger partial charge in [-0.1, -0.05) is 41.9 Å². The predicted molar refractivity (Wildman–Crippen MR) is 101 cm³/mol. The summed E-state index contributed by atoms with van der Waals surface area (Å²) in [6, 6.07) is 12.6. The highest BCUT2D eigenvalue weighted by Crippen LogP contribution is 2.33. The van der Waals surface area contributed by atoms with Gasteiger partial charge in [-0.3, -0.25) is 9.79 Å². The van der Waals surface area contributed by atoms with Gasteiger partial charge in [-0.25, -0.2) is 4.99 Å². The number of amides is 1. The number of halogens is 2. The van der Waals surface area contributed by atoms with Crippen molar-refractivity contribution < 1.29 is 4.79 Å². The molecule has 1 amide bonds. The van der Waals surface area contributed by atoms with Crippen molar-refractivity contribution >= 4 is 46.7 Å². The molecule has 0 aromatic heterocycles. The Balaban J connectivity index is 2.02. The van der Waals surface area contributed by atoms with E-state index in [0.29, 0.717) is 22.2 Å². The lowest BCUT2D eigenvalue weighted by atomic mass is 9.90. The zero-order chi connectivity index (χ0) is 17.4. The summed E-state index contributed by atoms with van der Waals surface area (Å²) in [7, 11) is 0. The molecule has 0 saturated carbocycles. The molecule has 2 aromatic rings. The fraction of sp³-hybridized carbons (Fsp3) is 0.105. The van der Waals surface area contributed by atoms with Crippen molar-refractivity contribution in [2.45, 2.75) is 11.9 Å². The van der Waals surface area contributed by atoms with E-state index >= 15 is 0 Å². The Morgan fingerprint density at radius 1 is 1.08 bits per heavy atom. The van der Waals surface area contributed by atoms with Gasteiger partial charge in [-0.2, -0.15) is 0 Å². The highest BCUT2D eigenvalue weighted by molar-refractivity contribution is 6.36. The first kappa shape index (κ1) is 16.1. The highest BCUT2D eigenvalue weighted by atomic mass is 35.5. The fourth-order valence-electron chi connectivity index (χ4n) is 3.04. The van der Waals surface area contributed by atoms with Crippen LogP contribution < -0.4 is 5.32 Å². The molecule has 0 bridgehead atoms. The summed E-state index contributed by atoms with van der Waals surface area (Å²) in [4.78, 5) is 21.4. The average molecular weight is 370 g/mol. The van der Waals surface area contributed by atoms with Crippen LogP contribution in [-0.2, 0) is 10.7 Å². The van der Waals surface area contributed by atoms with Crippen molar-refractivity contribution in [3.8, 4) is 0 Å². The van der Waals surface area contributed by atoms with Gasteiger partial charge in [0.25, 0.3) is 5.91 Å². The molecule has 4 rings (SSSR count). The molecule has 1 N–H and O–H groups in total. The van der Waals surface area contributed by atoms with E-state index < -0.39 is 6.04 Å². The number of alkyl halides is 1. The van der Waals surface area contributed by atoms with Crippen molar-refractivity contribution in [2.75, 3.05) is 0 Å². The molecule has 0 radical (unpaired) electrons. The molecule has 0 spiro atoms. The molecule has 4 nitrogen and oxygen atoms in total. The van der Waals surface area contributed by atoms with Crippen LogP contribution in [-0.4, -0.2) is 24.0 Å².